The highest BCUT2D eigenvalue weighted by Crippen LogP contribution is 2.26. The SMILES string of the molecule is CS(=O)(=O)CCCC(=O)C1CCc2ccccc2C1. The smallest absolute Gasteiger partial charge is 0.147 e. The van der Waals surface area contributed by atoms with Crippen LogP contribution in [-0.4, -0.2) is 26.2 Å². The number of aryl methyl sites for hydroxylation is 1. The lowest BCUT2D eigenvalue weighted by Crippen LogP contribution is -2.23. The van der Waals surface area contributed by atoms with Gasteiger partial charge in [-0.25, -0.2) is 8.42 Å². The maximum absolute atomic E-state index is 12.1. The van der Waals surface area contributed by atoms with Gasteiger partial charge in [0.15, 0.2) is 0 Å². The summed E-state index contributed by atoms with van der Waals surface area (Å²) in [4.78, 5) is 12.1. The molecule has 0 spiro atoms. The summed E-state index contributed by atoms with van der Waals surface area (Å²) in [5.74, 6) is 0.412. The van der Waals surface area contributed by atoms with Crippen LogP contribution in [0.25, 0.3) is 0 Å². The monoisotopic (exact) mass is 280 g/mol. The molecule has 1 aromatic carbocycles. The fourth-order valence-corrected chi connectivity index (χ4v) is 3.35. The number of benzene rings is 1. The lowest BCUT2D eigenvalue weighted by molar-refractivity contribution is -0.123. The topological polar surface area (TPSA) is 51.2 Å². The Morgan fingerprint density at radius 2 is 1.95 bits per heavy atom. The van der Waals surface area contributed by atoms with E-state index in [2.05, 4.69) is 12.1 Å². The van der Waals surface area contributed by atoms with E-state index in [1.54, 1.807) is 0 Å². The molecule has 1 aliphatic rings. The Morgan fingerprint density at radius 3 is 2.63 bits per heavy atom. The Bertz CT molecular complexity index is 561. The first-order valence-corrected chi connectivity index (χ1v) is 8.79. The molecule has 0 N–H and O–H groups in total. The first kappa shape index (κ1) is 14.3. The zero-order chi connectivity index (χ0) is 13.9. The Morgan fingerprint density at radius 1 is 1.26 bits per heavy atom. The zero-order valence-corrected chi connectivity index (χ0v) is 12.1. The number of rotatable bonds is 5. The highest BCUT2D eigenvalue weighted by Gasteiger charge is 2.23. The predicted molar refractivity (Wildman–Crippen MR) is 75.9 cm³/mol. The minimum atomic E-state index is -2.95. The molecule has 2 rings (SSSR count). The van der Waals surface area contributed by atoms with Crippen molar-refractivity contribution < 1.29 is 13.2 Å². The molecule has 0 heterocycles. The van der Waals surface area contributed by atoms with E-state index in [0.717, 1.165) is 19.3 Å². The summed E-state index contributed by atoms with van der Waals surface area (Å²) in [6.45, 7) is 0. The fraction of sp³-hybridized carbons (Fsp3) is 0.533. The third-order valence-electron chi connectivity index (χ3n) is 3.74. The minimum absolute atomic E-state index is 0.0782. The summed E-state index contributed by atoms with van der Waals surface area (Å²) in [5.41, 5.74) is 2.62. The number of carbonyl (C=O) groups excluding carboxylic acids is 1. The van der Waals surface area contributed by atoms with Crippen molar-refractivity contribution in [1.29, 1.82) is 0 Å². The quantitative estimate of drug-likeness (QED) is 0.830. The number of carbonyl (C=O) groups is 1. The average molecular weight is 280 g/mol. The molecule has 1 atom stereocenters. The van der Waals surface area contributed by atoms with Gasteiger partial charge in [0.05, 0.1) is 5.75 Å². The normalized spacial score (nSPS) is 18.9. The van der Waals surface area contributed by atoms with E-state index in [1.807, 2.05) is 12.1 Å². The van der Waals surface area contributed by atoms with Gasteiger partial charge in [-0.2, -0.15) is 0 Å². The van der Waals surface area contributed by atoms with Crippen LogP contribution < -0.4 is 0 Å². The molecule has 1 aromatic rings. The van der Waals surface area contributed by atoms with E-state index in [9.17, 15) is 13.2 Å². The van der Waals surface area contributed by atoms with Gasteiger partial charge in [0.25, 0.3) is 0 Å². The molecule has 1 unspecified atom stereocenters. The van der Waals surface area contributed by atoms with Crippen molar-refractivity contribution in [3.8, 4) is 0 Å². The molecule has 104 valence electrons. The molecule has 3 nitrogen and oxygen atoms in total. The largest absolute Gasteiger partial charge is 0.299 e. The molecular formula is C15H20O3S. The number of sulfone groups is 1. The molecule has 0 saturated carbocycles. The van der Waals surface area contributed by atoms with Gasteiger partial charge in [-0.1, -0.05) is 24.3 Å². The van der Waals surface area contributed by atoms with Gasteiger partial charge in [0, 0.05) is 18.6 Å². The van der Waals surface area contributed by atoms with E-state index in [0.29, 0.717) is 12.8 Å². The molecule has 0 aliphatic heterocycles. The highest BCUT2D eigenvalue weighted by atomic mass is 32.2. The van der Waals surface area contributed by atoms with Crippen molar-refractivity contribution in [3.05, 3.63) is 35.4 Å². The van der Waals surface area contributed by atoms with Crippen LogP contribution in [-0.2, 0) is 27.5 Å². The molecule has 0 aromatic heterocycles. The maximum Gasteiger partial charge on any atom is 0.147 e. The van der Waals surface area contributed by atoms with Crippen molar-refractivity contribution in [3.63, 3.8) is 0 Å². The van der Waals surface area contributed by atoms with Crippen LogP contribution in [0.4, 0.5) is 0 Å². The number of Topliss-reactive ketones (excluding diaryl/α,β-unsaturated/α-hetero) is 1. The molecule has 0 bridgehead atoms. The summed E-state index contributed by atoms with van der Waals surface area (Å²) >= 11 is 0. The van der Waals surface area contributed by atoms with E-state index in [-0.39, 0.29) is 17.5 Å². The first-order valence-electron chi connectivity index (χ1n) is 6.73. The number of ketones is 1. The van der Waals surface area contributed by atoms with Crippen LogP contribution in [0.15, 0.2) is 24.3 Å². The summed E-state index contributed by atoms with van der Waals surface area (Å²) in [6, 6.07) is 8.26. The van der Waals surface area contributed by atoms with Gasteiger partial charge >= 0.3 is 0 Å². The summed E-state index contributed by atoms with van der Waals surface area (Å²) < 4.78 is 22.1. The molecule has 0 amide bonds. The van der Waals surface area contributed by atoms with Crippen LogP contribution in [0.2, 0.25) is 0 Å². The number of fused-ring (bicyclic) bond motifs is 1. The lowest BCUT2D eigenvalue weighted by atomic mass is 9.81. The van der Waals surface area contributed by atoms with Crippen LogP contribution in [0.5, 0.6) is 0 Å². The summed E-state index contributed by atoms with van der Waals surface area (Å²) in [7, 11) is -2.95. The third kappa shape index (κ3) is 4.16. The molecular weight excluding hydrogens is 260 g/mol. The maximum atomic E-state index is 12.1. The van der Waals surface area contributed by atoms with Crippen LogP contribution in [0, 0.1) is 5.92 Å². The van der Waals surface area contributed by atoms with E-state index in [4.69, 9.17) is 0 Å². The highest BCUT2D eigenvalue weighted by molar-refractivity contribution is 7.90. The first-order chi connectivity index (χ1) is 8.96. The van der Waals surface area contributed by atoms with Gasteiger partial charge in [0.1, 0.15) is 15.6 Å². The van der Waals surface area contributed by atoms with Gasteiger partial charge in [-0.05, 0) is 36.8 Å². The number of hydrogen-bond acceptors (Lipinski definition) is 3. The van der Waals surface area contributed by atoms with Crippen molar-refractivity contribution in [1.82, 2.24) is 0 Å². The summed E-state index contributed by atoms with van der Waals surface area (Å²) in [6.07, 6.45) is 4.73. The van der Waals surface area contributed by atoms with Crippen molar-refractivity contribution in [2.75, 3.05) is 12.0 Å². The zero-order valence-electron chi connectivity index (χ0n) is 11.3. The molecule has 4 heteroatoms. The second-order valence-electron chi connectivity index (χ2n) is 5.41. The molecule has 19 heavy (non-hydrogen) atoms. The van der Waals surface area contributed by atoms with E-state index >= 15 is 0 Å². The van der Waals surface area contributed by atoms with E-state index < -0.39 is 9.84 Å². The fourth-order valence-electron chi connectivity index (χ4n) is 2.69. The van der Waals surface area contributed by atoms with E-state index in [1.165, 1.54) is 17.4 Å². The second kappa shape index (κ2) is 5.87. The Labute approximate surface area is 114 Å². The standard InChI is InChI=1S/C15H20O3S/c1-19(17,18)10-4-7-15(16)14-9-8-12-5-2-3-6-13(12)11-14/h2-3,5-6,14H,4,7-11H2,1H3. The second-order valence-corrected chi connectivity index (χ2v) is 7.67. The van der Waals surface area contributed by atoms with Crippen molar-refractivity contribution in [2.45, 2.75) is 32.1 Å². The predicted octanol–water partition coefficient (Wildman–Crippen LogP) is 2.19. The summed E-state index contributed by atoms with van der Waals surface area (Å²) in [5, 5.41) is 0. The van der Waals surface area contributed by atoms with Gasteiger partial charge in [0.2, 0.25) is 0 Å². The van der Waals surface area contributed by atoms with Crippen molar-refractivity contribution >= 4 is 15.6 Å². The average Bonchev–Trinajstić information content (AvgIpc) is 2.36. The molecule has 0 fully saturated rings. The molecule has 0 radical (unpaired) electrons. The number of hydrogen-bond donors (Lipinski definition) is 0. The third-order valence-corrected chi connectivity index (χ3v) is 4.77. The van der Waals surface area contributed by atoms with Crippen LogP contribution >= 0.6 is 0 Å². The van der Waals surface area contributed by atoms with Crippen molar-refractivity contribution in [2.24, 2.45) is 5.92 Å². The molecule has 0 saturated heterocycles. The van der Waals surface area contributed by atoms with Gasteiger partial charge < -0.3 is 0 Å². The van der Waals surface area contributed by atoms with Gasteiger partial charge in [-0.3, -0.25) is 4.79 Å². The van der Waals surface area contributed by atoms with Gasteiger partial charge in [-0.15, -0.1) is 0 Å². The Hall–Kier alpha value is -1.16. The Kier molecular flexibility index (Phi) is 4.40. The van der Waals surface area contributed by atoms with Crippen LogP contribution in [0.3, 0.4) is 0 Å². The Balaban J connectivity index is 1.89. The van der Waals surface area contributed by atoms with Crippen LogP contribution in [0.1, 0.15) is 30.4 Å². The minimum Gasteiger partial charge on any atom is -0.299 e. The molecule has 1 aliphatic carbocycles. The lowest BCUT2D eigenvalue weighted by Gasteiger charge is -2.23.